The van der Waals surface area contributed by atoms with Gasteiger partial charge >= 0.3 is 0 Å². The summed E-state index contributed by atoms with van der Waals surface area (Å²) in [5.41, 5.74) is 0. The van der Waals surface area contributed by atoms with Gasteiger partial charge in [-0.15, -0.1) is 0 Å². The van der Waals surface area contributed by atoms with E-state index in [1.54, 1.807) is 0 Å². The largest absolute Gasteiger partial charge is 0.351 e. The standard InChI is InChI=1S/C8H16N2O.C2H6/c1-3-4-10-5-7(2)9-8(11)6-10;1-2/h7H,3-6H2,1-2H3,(H,9,11);1-2H3. The molecule has 0 aromatic heterocycles. The Kier molecular flexibility index (Phi) is 6.59. The first kappa shape index (κ1) is 12.4. The number of carbonyl (C=O) groups is 1. The van der Waals surface area contributed by atoms with Gasteiger partial charge in [0.05, 0.1) is 6.54 Å². The van der Waals surface area contributed by atoms with Crippen molar-refractivity contribution >= 4 is 5.91 Å². The zero-order valence-electron chi connectivity index (χ0n) is 9.26. The Bertz CT molecular complexity index is 148. The topological polar surface area (TPSA) is 32.3 Å². The Hall–Kier alpha value is -0.570. The van der Waals surface area contributed by atoms with E-state index >= 15 is 0 Å². The molecule has 0 bridgehead atoms. The molecule has 0 spiro atoms. The van der Waals surface area contributed by atoms with Gasteiger partial charge in [0.2, 0.25) is 5.91 Å². The Labute approximate surface area is 81.5 Å². The molecule has 1 atom stereocenters. The summed E-state index contributed by atoms with van der Waals surface area (Å²) in [6.07, 6.45) is 1.12. The van der Waals surface area contributed by atoms with Crippen molar-refractivity contribution in [2.24, 2.45) is 0 Å². The zero-order valence-corrected chi connectivity index (χ0v) is 9.26. The van der Waals surface area contributed by atoms with Gasteiger partial charge in [0.15, 0.2) is 0 Å². The van der Waals surface area contributed by atoms with Crippen LogP contribution in [0.4, 0.5) is 0 Å². The first-order valence-corrected chi connectivity index (χ1v) is 5.24. The number of hydrogen-bond donors (Lipinski definition) is 1. The second-order valence-corrected chi connectivity index (χ2v) is 3.20. The van der Waals surface area contributed by atoms with Crippen LogP contribution in [0, 0.1) is 0 Å². The van der Waals surface area contributed by atoms with Crippen LogP contribution in [0.5, 0.6) is 0 Å². The van der Waals surface area contributed by atoms with Crippen LogP contribution in [-0.2, 0) is 4.79 Å². The quantitative estimate of drug-likeness (QED) is 0.704. The first-order valence-electron chi connectivity index (χ1n) is 5.24. The number of piperazine rings is 1. The van der Waals surface area contributed by atoms with Crippen molar-refractivity contribution in [1.82, 2.24) is 10.2 Å². The average molecular weight is 186 g/mol. The lowest BCUT2D eigenvalue weighted by atomic mass is 10.2. The van der Waals surface area contributed by atoms with Crippen LogP contribution in [0.25, 0.3) is 0 Å². The fraction of sp³-hybridized carbons (Fsp3) is 0.900. The second kappa shape index (κ2) is 6.89. The molecule has 1 unspecified atom stereocenters. The maximum absolute atomic E-state index is 11.0. The number of amides is 1. The van der Waals surface area contributed by atoms with E-state index < -0.39 is 0 Å². The molecule has 13 heavy (non-hydrogen) atoms. The van der Waals surface area contributed by atoms with Crippen LogP contribution < -0.4 is 5.32 Å². The fourth-order valence-electron chi connectivity index (χ4n) is 1.51. The molecular weight excluding hydrogens is 164 g/mol. The van der Waals surface area contributed by atoms with Crippen molar-refractivity contribution in [3.05, 3.63) is 0 Å². The molecule has 1 aliphatic heterocycles. The summed E-state index contributed by atoms with van der Waals surface area (Å²) >= 11 is 0. The highest BCUT2D eigenvalue weighted by Crippen LogP contribution is 1.99. The van der Waals surface area contributed by atoms with E-state index in [2.05, 4.69) is 17.1 Å². The van der Waals surface area contributed by atoms with E-state index in [9.17, 15) is 4.79 Å². The number of rotatable bonds is 2. The average Bonchev–Trinajstić information content (AvgIpc) is 2.06. The van der Waals surface area contributed by atoms with E-state index in [1.807, 2.05) is 20.8 Å². The molecule has 1 amide bonds. The van der Waals surface area contributed by atoms with Crippen LogP contribution in [0.1, 0.15) is 34.1 Å². The molecule has 1 heterocycles. The van der Waals surface area contributed by atoms with Crippen molar-refractivity contribution in [2.75, 3.05) is 19.6 Å². The third kappa shape index (κ3) is 4.88. The summed E-state index contributed by atoms with van der Waals surface area (Å²) in [7, 11) is 0. The maximum Gasteiger partial charge on any atom is 0.234 e. The Morgan fingerprint density at radius 2 is 2.15 bits per heavy atom. The minimum absolute atomic E-state index is 0.164. The van der Waals surface area contributed by atoms with Crippen molar-refractivity contribution in [3.8, 4) is 0 Å². The van der Waals surface area contributed by atoms with Gasteiger partial charge in [-0.25, -0.2) is 0 Å². The van der Waals surface area contributed by atoms with Crippen LogP contribution in [0.2, 0.25) is 0 Å². The normalized spacial score (nSPS) is 23.1. The molecule has 1 aliphatic rings. The van der Waals surface area contributed by atoms with Gasteiger partial charge in [-0.3, -0.25) is 9.69 Å². The maximum atomic E-state index is 11.0. The lowest BCUT2D eigenvalue weighted by Gasteiger charge is -2.30. The Morgan fingerprint density at radius 1 is 1.54 bits per heavy atom. The number of hydrogen-bond acceptors (Lipinski definition) is 2. The van der Waals surface area contributed by atoms with Crippen LogP contribution in [0.15, 0.2) is 0 Å². The molecule has 0 aliphatic carbocycles. The molecule has 0 radical (unpaired) electrons. The summed E-state index contributed by atoms with van der Waals surface area (Å²) in [6, 6.07) is 0.322. The minimum atomic E-state index is 0.164. The summed E-state index contributed by atoms with van der Waals surface area (Å²) < 4.78 is 0. The molecule has 3 heteroatoms. The van der Waals surface area contributed by atoms with Gasteiger partial charge in [-0.05, 0) is 19.9 Å². The molecule has 1 saturated heterocycles. The summed E-state index contributed by atoms with van der Waals surface area (Å²) in [5, 5.41) is 2.89. The molecule has 0 saturated carbocycles. The van der Waals surface area contributed by atoms with Gasteiger partial charge in [0.1, 0.15) is 0 Å². The van der Waals surface area contributed by atoms with Crippen molar-refractivity contribution in [3.63, 3.8) is 0 Å². The molecule has 0 aromatic carbocycles. The Morgan fingerprint density at radius 3 is 2.62 bits per heavy atom. The van der Waals surface area contributed by atoms with E-state index in [0.29, 0.717) is 12.6 Å². The molecule has 78 valence electrons. The van der Waals surface area contributed by atoms with Gasteiger partial charge in [-0.1, -0.05) is 20.8 Å². The SMILES string of the molecule is CC.CCCN1CC(=O)NC(C)C1. The fourth-order valence-corrected chi connectivity index (χ4v) is 1.51. The highest BCUT2D eigenvalue weighted by molar-refractivity contribution is 5.79. The second-order valence-electron chi connectivity index (χ2n) is 3.20. The first-order chi connectivity index (χ1) is 6.22. The number of nitrogens with one attached hydrogen (secondary N) is 1. The zero-order chi connectivity index (χ0) is 10.3. The molecule has 3 nitrogen and oxygen atoms in total. The number of nitrogens with zero attached hydrogens (tertiary/aromatic N) is 1. The van der Waals surface area contributed by atoms with E-state index in [-0.39, 0.29) is 5.91 Å². The van der Waals surface area contributed by atoms with Crippen LogP contribution >= 0.6 is 0 Å². The van der Waals surface area contributed by atoms with Crippen molar-refractivity contribution in [1.29, 1.82) is 0 Å². The van der Waals surface area contributed by atoms with Gasteiger partial charge in [0, 0.05) is 12.6 Å². The van der Waals surface area contributed by atoms with Crippen LogP contribution in [-0.4, -0.2) is 36.5 Å². The van der Waals surface area contributed by atoms with Gasteiger partial charge in [-0.2, -0.15) is 0 Å². The van der Waals surface area contributed by atoms with Crippen molar-refractivity contribution in [2.45, 2.75) is 40.2 Å². The summed E-state index contributed by atoms with van der Waals surface area (Å²) in [6.45, 7) is 10.8. The summed E-state index contributed by atoms with van der Waals surface area (Å²) in [5.74, 6) is 0.164. The van der Waals surface area contributed by atoms with E-state index in [0.717, 1.165) is 19.5 Å². The van der Waals surface area contributed by atoms with E-state index in [1.165, 1.54) is 0 Å². The lowest BCUT2D eigenvalue weighted by molar-refractivity contribution is -0.125. The predicted molar refractivity (Wildman–Crippen MR) is 55.7 cm³/mol. The van der Waals surface area contributed by atoms with Crippen LogP contribution in [0.3, 0.4) is 0 Å². The molecular formula is C10H22N2O. The van der Waals surface area contributed by atoms with Crippen molar-refractivity contribution < 1.29 is 4.79 Å². The Balaban J connectivity index is 0.000000671. The molecule has 1 N–H and O–H groups in total. The highest BCUT2D eigenvalue weighted by Gasteiger charge is 2.19. The summed E-state index contributed by atoms with van der Waals surface area (Å²) in [4.78, 5) is 13.2. The lowest BCUT2D eigenvalue weighted by Crippen LogP contribution is -2.52. The predicted octanol–water partition coefficient (Wildman–Crippen LogP) is 1.24. The highest BCUT2D eigenvalue weighted by atomic mass is 16.2. The molecule has 0 aromatic rings. The third-order valence-corrected chi connectivity index (χ3v) is 1.85. The smallest absolute Gasteiger partial charge is 0.234 e. The van der Waals surface area contributed by atoms with E-state index in [4.69, 9.17) is 0 Å². The minimum Gasteiger partial charge on any atom is -0.351 e. The molecule has 1 rings (SSSR count). The molecule has 1 fully saturated rings. The third-order valence-electron chi connectivity index (χ3n) is 1.85. The monoisotopic (exact) mass is 186 g/mol. The van der Waals surface area contributed by atoms with Gasteiger partial charge < -0.3 is 5.32 Å². The number of carbonyl (C=O) groups excluding carboxylic acids is 1. The van der Waals surface area contributed by atoms with Gasteiger partial charge in [0.25, 0.3) is 0 Å².